The molecule has 0 aromatic heterocycles. The number of benzene rings is 3. The summed E-state index contributed by atoms with van der Waals surface area (Å²) < 4.78 is 0. The van der Waals surface area contributed by atoms with Crippen molar-refractivity contribution < 1.29 is 9.90 Å². The van der Waals surface area contributed by atoms with Gasteiger partial charge in [0.05, 0.1) is 6.04 Å². The number of hydrogen-bond acceptors (Lipinski definition) is 3. The quantitative estimate of drug-likeness (QED) is 0.689. The van der Waals surface area contributed by atoms with Gasteiger partial charge in [-0.2, -0.15) is 0 Å². The molecule has 0 bridgehead atoms. The molecule has 0 saturated carbocycles. The van der Waals surface area contributed by atoms with Crippen molar-refractivity contribution in [3.05, 3.63) is 108 Å². The van der Waals surface area contributed by atoms with Crippen molar-refractivity contribution in [2.45, 2.75) is 12.1 Å². The summed E-state index contributed by atoms with van der Waals surface area (Å²) in [6, 6.07) is 30.2. The molecule has 1 unspecified atom stereocenters. The second-order valence-corrected chi connectivity index (χ2v) is 7.45. The van der Waals surface area contributed by atoms with Crippen molar-refractivity contribution in [2.75, 3.05) is 26.2 Å². The summed E-state index contributed by atoms with van der Waals surface area (Å²) in [7, 11) is 0. The van der Waals surface area contributed by atoms with Gasteiger partial charge in [-0.3, -0.25) is 14.6 Å². The Kier molecular flexibility index (Phi) is 6.03. The molecular formula is C25H26N2O2. The van der Waals surface area contributed by atoms with Crippen molar-refractivity contribution in [3.63, 3.8) is 0 Å². The van der Waals surface area contributed by atoms with Gasteiger partial charge in [-0.15, -0.1) is 0 Å². The van der Waals surface area contributed by atoms with E-state index in [0.717, 1.165) is 31.7 Å². The largest absolute Gasteiger partial charge is 0.480 e. The fourth-order valence-corrected chi connectivity index (χ4v) is 4.28. The number of carbonyl (C=O) groups is 1. The van der Waals surface area contributed by atoms with Gasteiger partial charge in [0.15, 0.2) is 0 Å². The summed E-state index contributed by atoms with van der Waals surface area (Å²) in [4.78, 5) is 16.6. The normalized spacial score (nSPS) is 16.6. The van der Waals surface area contributed by atoms with Crippen LogP contribution in [0.25, 0.3) is 0 Å². The molecule has 3 aromatic rings. The topological polar surface area (TPSA) is 43.8 Å². The number of carboxylic acid groups (broad SMARTS) is 1. The Morgan fingerprint density at radius 1 is 0.621 bits per heavy atom. The van der Waals surface area contributed by atoms with Gasteiger partial charge in [0.2, 0.25) is 0 Å². The third-order valence-electron chi connectivity index (χ3n) is 5.66. The van der Waals surface area contributed by atoms with E-state index in [4.69, 9.17) is 0 Å². The highest BCUT2D eigenvalue weighted by Gasteiger charge is 2.32. The highest BCUT2D eigenvalue weighted by atomic mass is 16.4. The van der Waals surface area contributed by atoms with Gasteiger partial charge in [0.25, 0.3) is 0 Å². The van der Waals surface area contributed by atoms with E-state index in [1.165, 1.54) is 11.1 Å². The van der Waals surface area contributed by atoms with Crippen LogP contribution >= 0.6 is 0 Å². The van der Waals surface area contributed by atoms with E-state index in [2.05, 4.69) is 58.3 Å². The Hall–Kier alpha value is -2.95. The minimum Gasteiger partial charge on any atom is -0.480 e. The van der Waals surface area contributed by atoms with E-state index in [9.17, 15) is 9.90 Å². The van der Waals surface area contributed by atoms with Crippen LogP contribution in [0.1, 0.15) is 28.8 Å². The molecule has 3 aromatic carbocycles. The van der Waals surface area contributed by atoms with Gasteiger partial charge >= 0.3 is 5.97 Å². The smallest absolute Gasteiger partial charge is 0.325 e. The van der Waals surface area contributed by atoms with Crippen molar-refractivity contribution in [1.82, 2.24) is 9.80 Å². The van der Waals surface area contributed by atoms with Crippen LogP contribution in [-0.2, 0) is 4.79 Å². The maximum atomic E-state index is 12.0. The minimum absolute atomic E-state index is 0.180. The number of hydrogen-bond donors (Lipinski definition) is 1. The first-order valence-corrected chi connectivity index (χ1v) is 10.1. The van der Waals surface area contributed by atoms with E-state index in [-0.39, 0.29) is 6.04 Å². The standard InChI is InChI=1S/C25H26N2O2/c28-25(29)24(22-14-8-3-9-15-22)27-18-16-26(17-19-27)23(20-10-4-1-5-11-20)21-12-6-2-7-13-21/h1-15,23-24H,16-19H2,(H,28,29). The zero-order valence-electron chi connectivity index (χ0n) is 16.4. The van der Waals surface area contributed by atoms with Gasteiger partial charge < -0.3 is 5.11 Å². The first-order valence-electron chi connectivity index (χ1n) is 10.1. The summed E-state index contributed by atoms with van der Waals surface area (Å²) in [5, 5.41) is 9.85. The van der Waals surface area contributed by atoms with Gasteiger partial charge in [0.1, 0.15) is 6.04 Å². The molecule has 4 nitrogen and oxygen atoms in total. The third kappa shape index (κ3) is 4.39. The zero-order chi connectivity index (χ0) is 20.1. The molecule has 29 heavy (non-hydrogen) atoms. The number of piperazine rings is 1. The Labute approximate surface area is 172 Å². The monoisotopic (exact) mass is 386 g/mol. The van der Waals surface area contributed by atoms with Crippen LogP contribution in [0.3, 0.4) is 0 Å². The maximum Gasteiger partial charge on any atom is 0.325 e. The molecule has 1 atom stereocenters. The predicted molar refractivity (Wildman–Crippen MR) is 115 cm³/mol. The summed E-state index contributed by atoms with van der Waals surface area (Å²) in [5.41, 5.74) is 3.38. The van der Waals surface area contributed by atoms with Gasteiger partial charge in [-0.05, 0) is 16.7 Å². The second-order valence-electron chi connectivity index (χ2n) is 7.45. The molecule has 4 rings (SSSR count). The number of aliphatic carboxylic acids is 1. The SMILES string of the molecule is O=C(O)C(c1ccccc1)N1CCN(C(c2ccccc2)c2ccccc2)CC1. The Balaban J connectivity index is 1.54. The van der Waals surface area contributed by atoms with Crippen molar-refractivity contribution >= 4 is 5.97 Å². The lowest BCUT2D eigenvalue weighted by Crippen LogP contribution is -2.50. The molecular weight excluding hydrogens is 360 g/mol. The van der Waals surface area contributed by atoms with E-state index >= 15 is 0 Å². The van der Waals surface area contributed by atoms with Crippen molar-refractivity contribution in [3.8, 4) is 0 Å². The predicted octanol–water partition coefficient (Wildman–Crippen LogP) is 4.22. The van der Waals surface area contributed by atoms with Gasteiger partial charge in [0, 0.05) is 26.2 Å². The molecule has 1 aliphatic rings. The summed E-state index contributed by atoms with van der Waals surface area (Å²) >= 11 is 0. The highest BCUT2D eigenvalue weighted by Crippen LogP contribution is 2.31. The summed E-state index contributed by atoms with van der Waals surface area (Å²) in [6.45, 7) is 3.10. The molecule has 0 aliphatic carbocycles. The molecule has 1 fully saturated rings. The first-order chi connectivity index (χ1) is 14.2. The van der Waals surface area contributed by atoms with Crippen LogP contribution in [0.2, 0.25) is 0 Å². The van der Waals surface area contributed by atoms with Crippen LogP contribution in [0.4, 0.5) is 0 Å². The lowest BCUT2D eigenvalue weighted by Gasteiger charge is -2.41. The molecule has 1 heterocycles. The molecule has 0 spiro atoms. The Morgan fingerprint density at radius 2 is 1.00 bits per heavy atom. The second kappa shape index (κ2) is 9.03. The minimum atomic E-state index is -0.785. The molecule has 1 N–H and O–H groups in total. The van der Waals surface area contributed by atoms with E-state index < -0.39 is 12.0 Å². The van der Waals surface area contributed by atoms with E-state index in [1.54, 1.807) is 0 Å². The van der Waals surface area contributed by atoms with E-state index in [0.29, 0.717) is 0 Å². The molecule has 0 radical (unpaired) electrons. The first kappa shape index (κ1) is 19.4. The molecule has 4 heteroatoms. The lowest BCUT2D eigenvalue weighted by molar-refractivity contribution is -0.144. The highest BCUT2D eigenvalue weighted by molar-refractivity contribution is 5.75. The van der Waals surface area contributed by atoms with Crippen molar-refractivity contribution in [2.24, 2.45) is 0 Å². The van der Waals surface area contributed by atoms with E-state index in [1.807, 2.05) is 42.5 Å². The molecule has 1 aliphatic heterocycles. The number of nitrogens with zero attached hydrogens (tertiary/aromatic N) is 2. The van der Waals surface area contributed by atoms with Crippen LogP contribution in [0.15, 0.2) is 91.0 Å². The van der Waals surface area contributed by atoms with Crippen LogP contribution < -0.4 is 0 Å². The molecule has 1 saturated heterocycles. The zero-order valence-corrected chi connectivity index (χ0v) is 16.4. The Morgan fingerprint density at radius 3 is 1.41 bits per heavy atom. The third-order valence-corrected chi connectivity index (χ3v) is 5.66. The number of carboxylic acids is 1. The fraction of sp³-hybridized carbons (Fsp3) is 0.240. The van der Waals surface area contributed by atoms with Gasteiger partial charge in [-0.1, -0.05) is 91.0 Å². The van der Waals surface area contributed by atoms with Crippen molar-refractivity contribution in [1.29, 1.82) is 0 Å². The summed E-state index contributed by atoms with van der Waals surface area (Å²) in [5.74, 6) is -0.785. The molecule has 0 amide bonds. The lowest BCUT2D eigenvalue weighted by atomic mass is 9.96. The fourth-order valence-electron chi connectivity index (χ4n) is 4.28. The van der Waals surface area contributed by atoms with Gasteiger partial charge in [-0.25, -0.2) is 0 Å². The average Bonchev–Trinajstić information content (AvgIpc) is 2.77. The Bertz CT molecular complexity index is 868. The average molecular weight is 386 g/mol. The van der Waals surface area contributed by atoms with Crippen LogP contribution in [0, 0.1) is 0 Å². The summed E-state index contributed by atoms with van der Waals surface area (Å²) in [6.07, 6.45) is 0. The maximum absolute atomic E-state index is 12.0. The van der Waals surface area contributed by atoms with Crippen LogP contribution in [0.5, 0.6) is 0 Å². The molecule has 148 valence electrons. The van der Waals surface area contributed by atoms with Crippen LogP contribution in [-0.4, -0.2) is 47.1 Å². The number of rotatable bonds is 6.